The lowest BCUT2D eigenvalue weighted by Crippen LogP contribution is -2.47. The van der Waals surface area contributed by atoms with Crippen molar-refractivity contribution in [3.05, 3.63) is 65.2 Å². The third kappa shape index (κ3) is 4.82. The van der Waals surface area contributed by atoms with Crippen LogP contribution in [0, 0.1) is 0 Å². The van der Waals surface area contributed by atoms with E-state index in [9.17, 15) is 14.4 Å². The van der Waals surface area contributed by atoms with E-state index in [1.54, 1.807) is 6.26 Å². The highest BCUT2D eigenvalue weighted by Gasteiger charge is 2.30. The molecule has 0 saturated heterocycles. The number of furan rings is 1. The molecule has 0 bridgehead atoms. The zero-order valence-electron chi connectivity index (χ0n) is 19.5. The van der Waals surface area contributed by atoms with E-state index in [0.717, 1.165) is 42.5 Å². The first kappa shape index (κ1) is 22.8. The number of fused-ring (bicyclic) bond motifs is 2. The zero-order chi connectivity index (χ0) is 24.4. The number of imide groups is 1. The number of allylic oxidation sites excluding steroid dienone is 1. The minimum absolute atomic E-state index is 0.0786. The van der Waals surface area contributed by atoms with Gasteiger partial charge in [0.15, 0.2) is 6.10 Å². The van der Waals surface area contributed by atoms with Crippen LogP contribution in [0.15, 0.2) is 47.1 Å². The Labute approximate surface area is 202 Å². The van der Waals surface area contributed by atoms with Crippen LogP contribution in [0.3, 0.4) is 0 Å². The van der Waals surface area contributed by atoms with Crippen molar-refractivity contribution in [1.29, 1.82) is 0 Å². The highest BCUT2D eigenvalue weighted by atomic mass is 16.5. The second-order valence-corrected chi connectivity index (χ2v) is 9.01. The fourth-order valence-corrected chi connectivity index (χ4v) is 4.84. The normalized spacial score (nSPS) is 17.3. The first-order valence-corrected chi connectivity index (χ1v) is 12.0. The smallest absolute Gasteiger partial charge is 0.339 e. The highest BCUT2D eigenvalue weighted by Crippen LogP contribution is 2.38. The molecule has 0 radical (unpaired) electrons. The summed E-state index contributed by atoms with van der Waals surface area (Å²) in [6.45, 7) is 1.46. The molecule has 8 heteroatoms. The minimum Gasteiger partial charge on any atom is -0.465 e. The van der Waals surface area contributed by atoms with Crippen LogP contribution >= 0.6 is 0 Å². The molecule has 1 fully saturated rings. The molecule has 5 rings (SSSR count). The number of nitrogens with one attached hydrogen (secondary N) is 2. The van der Waals surface area contributed by atoms with Crippen molar-refractivity contribution < 1.29 is 23.5 Å². The van der Waals surface area contributed by atoms with Crippen LogP contribution in [0.5, 0.6) is 0 Å². The highest BCUT2D eigenvalue weighted by molar-refractivity contribution is 6.08. The van der Waals surface area contributed by atoms with Crippen LogP contribution in [-0.4, -0.2) is 35.0 Å². The number of nitrogens with zero attached hydrogens (tertiary/aromatic N) is 1. The number of urea groups is 1. The summed E-state index contributed by atoms with van der Waals surface area (Å²) in [5.41, 5.74) is 3.57. The summed E-state index contributed by atoms with van der Waals surface area (Å²) in [4.78, 5) is 42.9. The number of esters is 1. The van der Waals surface area contributed by atoms with E-state index in [0.29, 0.717) is 35.1 Å². The molecule has 2 aromatic heterocycles. The topological polar surface area (TPSA) is 111 Å². The monoisotopic (exact) mass is 473 g/mol. The first-order chi connectivity index (χ1) is 17.0. The van der Waals surface area contributed by atoms with Gasteiger partial charge in [0.2, 0.25) is 0 Å². The summed E-state index contributed by atoms with van der Waals surface area (Å²) in [7, 11) is 0. The molecule has 3 aromatic rings. The maximum atomic E-state index is 13.4. The molecule has 2 N–H and O–H groups in total. The fraction of sp³-hybridized carbons (Fsp3) is 0.333. The van der Waals surface area contributed by atoms with E-state index in [1.165, 1.54) is 6.92 Å². The summed E-state index contributed by atoms with van der Waals surface area (Å²) >= 11 is 0. The Morgan fingerprint density at radius 1 is 1.11 bits per heavy atom. The molecule has 1 atom stereocenters. The second kappa shape index (κ2) is 9.74. The van der Waals surface area contributed by atoms with Gasteiger partial charge in [-0.05, 0) is 68.0 Å². The minimum atomic E-state index is -1.14. The third-order valence-corrected chi connectivity index (χ3v) is 6.59. The van der Waals surface area contributed by atoms with Crippen LogP contribution in [0.1, 0.15) is 66.4 Å². The van der Waals surface area contributed by atoms with E-state index in [4.69, 9.17) is 14.1 Å². The number of pyridine rings is 1. The SMILES string of the molecule is CC(OC(=O)c1c2c(nc3ccccc13)/C(=C/c1ccco1)CC2)C(=O)NC(=O)NC1CCCC1. The molecule has 0 spiro atoms. The predicted molar refractivity (Wildman–Crippen MR) is 130 cm³/mol. The van der Waals surface area contributed by atoms with Crippen molar-refractivity contribution in [2.75, 3.05) is 0 Å². The van der Waals surface area contributed by atoms with Crippen molar-refractivity contribution in [2.24, 2.45) is 0 Å². The van der Waals surface area contributed by atoms with Crippen LogP contribution in [0.25, 0.3) is 22.6 Å². The molecule has 1 saturated carbocycles. The number of hydrogen-bond acceptors (Lipinski definition) is 6. The zero-order valence-corrected chi connectivity index (χ0v) is 19.5. The average molecular weight is 474 g/mol. The Morgan fingerprint density at radius 3 is 2.69 bits per heavy atom. The Kier molecular flexibility index (Phi) is 6.35. The summed E-state index contributed by atoms with van der Waals surface area (Å²) < 4.78 is 11.0. The first-order valence-electron chi connectivity index (χ1n) is 12.0. The van der Waals surface area contributed by atoms with Gasteiger partial charge in [-0.1, -0.05) is 31.0 Å². The summed E-state index contributed by atoms with van der Waals surface area (Å²) in [6.07, 6.45) is 7.67. The molecule has 2 aliphatic rings. The number of carbonyl (C=O) groups excluding carboxylic acids is 3. The summed E-state index contributed by atoms with van der Waals surface area (Å²) in [5, 5.41) is 5.75. The molecular weight excluding hydrogens is 446 g/mol. The number of rotatable bonds is 5. The van der Waals surface area contributed by atoms with Gasteiger partial charge in [0, 0.05) is 11.4 Å². The molecule has 2 aliphatic carbocycles. The lowest BCUT2D eigenvalue weighted by atomic mass is 10.0. The Morgan fingerprint density at radius 2 is 1.91 bits per heavy atom. The van der Waals surface area contributed by atoms with E-state index in [-0.39, 0.29) is 6.04 Å². The van der Waals surface area contributed by atoms with Crippen molar-refractivity contribution in [3.63, 3.8) is 0 Å². The van der Waals surface area contributed by atoms with Gasteiger partial charge >= 0.3 is 12.0 Å². The van der Waals surface area contributed by atoms with Gasteiger partial charge in [-0.15, -0.1) is 0 Å². The van der Waals surface area contributed by atoms with E-state index >= 15 is 0 Å². The molecule has 2 heterocycles. The van der Waals surface area contributed by atoms with Crippen LogP contribution in [-0.2, 0) is 16.0 Å². The maximum absolute atomic E-state index is 13.4. The second-order valence-electron chi connectivity index (χ2n) is 9.01. The fourth-order valence-electron chi connectivity index (χ4n) is 4.84. The largest absolute Gasteiger partial charge is 0.465 e. The maximum Gasteiger partial charge on any atom is 0.339 e. The standard InChI is InChI=1S/C27H27N3O5/c1-16(25(31)30-27(33)28-18-7-2-3-8-18)35-26(32)23-20-10-4-5-11-22(20)29-24-17(12-13-21(23)24)15-19-9-6-14-34-19/h4-6,9-11,14-16,18H,2-3,7-8,12-13H2,1H3,(H2,28,30,31,33)/b17-15+. The van der Waals surface area contributed by atoms with Gasteiger partial charge in [-0.25, -0.2) is 14.6 Å². The van der Waals surface area contributed by atoms with Gasteiger partial charge in [0.05, 0.1) is 23.0 Å². The molecule has 1 unspecified atom stereocenters. The quantitative estimate of drug-likeness (QED) is 0.523. The lowest BCUT2D eigenvalue weighted by Gasteiger charge is -2.17. The number of para-hydroxylation sites is 1. The van der Waals surface area contributed by atoms with Crippen molar-refractivity contribution in [2.45, 2.75) is 57.6 Å². The summed E-state index contributed by atoms with van der Waals surface area (Å²) in [6, 6.07) is 10.6. The molecule has 3 amide bonds. The molecule has 1 aromatic carbocycles. The number of amides is 3. The molecular formula is C27H27N3O5. The van der Waals surface area contributed by atoms with Crippen LogP contribution in [0.4, 0.5) is 4.79 Å². The molecule has 180 valence electrons. The van der Waals surface area contributed by atoms with Crippen LogP contribution in [0.2, 0.25) is 0 Å². The molecule has 35 heavy (non-hydrogen) atoms. The van der Waals surface area contributed by atoms with Crippen molar-refractivity contribution >= 4 is 40.5 Å². The van der Waals surface area contributed by atoms with Gasteiger partial charge in [0.25, 0.3) is 5.91 Å². The van der Waals surface area contributed by atoms with Gasteiger partial charge in [0.1, 0.15) is 5.76 Å². The number of ether oxygens (including phenoxy) is 1. The van der Waals surface area contributed by atoms with E-state index in [2.05, 4.69) is 10.6 Å². The van der Waals surface area contributed by atoms with Gasteiger partial charge in [-0.2, -0.15) is 0 Å². The molecule has 0 aliphatic heterocycles. The number of carbonyl (C=O) groups is 3. The van der Waals surface area contributed by atoms with Gasteiger partial charge < -0.3 is 14.5 Å². The Bertz CT molecular complexity index is 1310. The van der Waals surface area contributed by atoms with Crippen LogP contribution < -0.4 is 10.6 Å². The Hall–Kier alpha value is -3.94. The third-order valence-electron chi connectivity index (χ3n) is 6.59. The molecule has 8 nitrogen and oxygen atoms in total. The average Bonchev–Trinajstić information content (AvgIpc) is 3.61. The summed E-state index contributed by atoms with van der Waals surface area (Å²) in [5.74, 6) is -0.562. The van der Waals surface area contributed by atoms with Gasteiger partial charge in [-0.3, -0.25) is 10.1 Å². The number of hydrogen-bond donors (Lipinski definition) is 2. The Balaban J connectivity index is 1.37. The number of aromatic nitrogens is 1. The predicted octanol–water partition coefficient (Wildman–Crippen LogP) is 4.63. The number of benzene rings is 1. The lowest BCUT2D eigenvalue weighted by molar-refractivity contribution is -0.127. The van der Waals surface area contributed by atoms with Crippen molar-refractivity contribution in [3.8, 4) is 0 Å². The van der Waals surface area contributed by atoms with E-state index in [1.807, 2.05) is 42.5 Å². The van der Waals surface area contributed by atoms with E-state index < -0.39 is 24.0 Å². The van der Waals surface area contributed by atoms with Crippen molar-refractivity contribution in [1.82, 2.24) is 15.6 Å².